The minimum Gasteiger partial charge on any atom is -0.507 e. The van der Waals surface area contributed by atoms with E-state index in [-0.39, 0.29) is 23.4 Å². The van der Waals surface area contributed by atoms with Crippen LogP contribution in [0.15, 0.2) is 42.0 Å². The van der Waals surface area contributed by atoms with Gasteiger partial charge >= 0.3 is 0 Å². The molecule has 0 spiro atoms. The van der Waals surface area contributed by atoms with Crippen LogP contribution < -0.4 is 4.74 Å². The molecular weight excluding hydrogens is 423 g/mol. The van der Waals surface area contributed by atoms with Gasteiger partial charge in [-0.05, 0) is 56.3 Å². The summed E-state index contributed by atoms with van der Waals surface area (Å²) in [5, 5.41) is 11.3. The number of ether oxygens (including phenoxy) is 1. The van der Waals surface area contributed by atoms with Crippen molar-refractivity contribution in [1.82, 2.24) is 9.80 Å². The summed E-state index contributed by atoms with van der Waals surface area (Å²) < 4.78 is 20.2. The largest absolute Gasteiger partial charge is 0.507 e. The minimum atomic E-state index is -1.01. The zero-order valence-corrected chi connectivity index (χ0v) is 19.8. The molecule has 2 aromatic carbocycles. The molecule has 1 amide bonds. The second-order valence-electron chi connectivity index (χ2n) is 8.18. The Morgan fingerprint density at radius 3 is 2.39 bits per heavy atom. The Morgan fingerprint density at radius 1 is 1.12 bits per heavy atom. The molecule has 1 aliphatic heterocycles. The number of likely N-dealkylation sites (N-methyl/N-ethyl adjacent to an activating group) is 1. The van der Waals surface area contributed by atoms with Crippen LogP contribution in [0, 0.1) is 19.7 Å². The summed E-state index contributed by atoms with van der Waals surface area (Å²) in [6, 6.07) is 8.52. The third-order valence-corrected chi connectivity index (χ3v) is 6.29. The first-order valence-electron chi connectivity index (χ1n) is 11.2. The first-order chi connectivity index (χ1) is 15.7. The Hall–Kier alpha value is -3.19. The number of methoxy groups -OCH3 is 1. The maximum absolute atomic E-state index is 14.9. The van der Waals surface area contributed by atoms with Crippen LogP contribution >= 0.6 is 0 Å². The molecular formula is C26H31FN2O4. The minimum absolute atomic E-state index is 0.0997. The van der Waals surface area contributed by atoms with Crippen molar-refractivity contribution in [1.29, 1.82) is 0 Å². The Balaban J connectivity index is 2.18. The van der Waals surface area contributed by atoms with Crippen molar-refractivity contribution in [3.05, 3.63) is 70.0 Å². The van der Waals surface area contributed by atoms with Gasteiger partial charge in [0.2, 0.25) is 0 Å². The van der Waals surface area contributed by atoms with E-state index in [1.807, 2.05) is 20.8 Å². The number of hydrogen-bond acceptors (Lipinski definition) is 5. The maximum atomic E-state index is 14.9. The van der Waals surface area contributed by atoms with Gasteiger partial charge in [0.25, 0.3) is 11.7 Å². The molecule has 33 heavy (non-hydrogen) atoms. The molecule has 1 heterocycles. The van der Waals surface area contributed by atoms with Crippen LogP contribution in [-0.4, -0.2) is 59.9 Å². The molecule has 6 nitrogen and oxygen atoms in total. The van der Waals surface area contributed by atoms with Crippen molar-refractivity contribution in [3.63, 3.8) is 0 Å². The van der Waals surface area contributed by atoms with Crippen LogP contribution in [0.5, 0.6) is 5.75 Å². The third kappa shape index (κ3) is 4.64. The number of aryl methyl sites for hydroxylation is 2. The van der Waals surface area contributed by atoms with Gasteiger partial charge in [-0.15, -0.1) is 0 Å². The van der Waals surface area contributed by atoms with Gasteiger partial charge in [-0.3, -0.25) is 9.59 Å². The van der Waals surface area contributed by atoms with Gasteiger partial charge in [0, 0.05) is 24.2 Å². The van der Waals surface area contributed by atoms with Gasteiger partial charge < -0.3 is 19.6 Å². The number of nitrogens with zero attached hydrogens (tertiary/aromatic N) is 2. The van der Waals surface area contributed by atoms with Gasteiger partial charge in [0.05, 0.1) is 18.7 Å². The summed E-state index contributed by atoms with van der Waals surface area (Å²) >= 11 is 0. The third-order valence-electron chi connectivity index (χ3n) is 6.29. The highest BCUT2D eigenvalue weighted by atomic mass is 19.1. The number of carbonyl (C=O) groups excluding carboxylic acids is 2. The van der Waals surface area contributed by atoms with Crippen molar-refractivity contribution in [3.8, 4) is 5.75 Å². The zero-order valence-electron chi connectivity index (χ0n) is 19.8. The molecule has 7 heteroatoms. The number of halogens is 1. The van der Waals surface area contributed by atoms with Gasteiger partial charge in [0.1, 0.15) is 17.3 Å². The highest BCUT2D eigenvalue weighted by Gasteiger charge is 2.47. The fourth-order valence-electron chi connectivity index (χ4n) is 4.33. The number of likely N-dealkylation sites (tertiary alicyclic amines) is 1. The summed E-state index contributed by atoms with van der Waals surface area (Å²) in [6.07, 6.45) is 0. The molecule has 0 aliphatic carbocycles. The molecule has 1 fully saturated rings. The van der Waals surface area contributed by atoms with Gasteiger partial charge in [-0.2, -0.15) is 0 Å². The lowest BCUT2D eigenvalue weighted by atomic mass is 9.93. The van der Waals surface area contributed by atoms with E-state index in [2.05, 4.69) is 4.90 Å². The highest BCUT2D eigenvalue weighted by Crippen LogP contribution is 2.41. The summed E-state index contributed by atoms with van der Waals surface area (Å²) in [7, 11) is 1.56. The SMILES string of the molecule is CCN(CC)CCN1C(=O)C(=O)/C(=C(/O)c2cc(C)c(OC)cc2C)C1c1ccccc1F. The van der Waals surface area contributed by atoms with E-state index < -0.39 is 23.5 Å². The topological polar surface area (TPSA) is 70.1 Å². The Labute approximate surface area is 194 Å². The standard InChI is InChI=1S/C26H31FN2O4/c1-6-28(7-2)12-13-29-23(18-10-8-9-11-20(18)27)22(25(31)26(29)32)24(30)19-14-17(4)21(33-5)15-16(19)3/h8-11,14-15,23,30H,6-7,12-13H2,1-5H3/b24-22+. The monoisotopic (exact) mass is 454 g/mol. The van der Waals surface area contributed by atoms with Crippen molar-refractivity contribution in [2.75, 3.05) is 33.3 Å². The highest BCUT2D eigenvalue weighted by molar-refractivity contribution is 6.46. The van der Waals surface area contributed by atoms with Crippen LogP contribution in [0.2, 0.25) is 0 Å². The van der Waals surface area contributed by atoms with E-state index in [1.54, 1.807) is 44.4 Å². The Kier molecular flexibility index (Phi) is 7.53. The van der Waals surface area contributed by atoms with E-state index >= 15 is 0 Å². The summed E-state index contributed by atoms with van der Waals surface area (Å²) in [6.45, 7) is 9.98. The molecule has 0 bridgehead atoms. The number of carbonyl (C=O) groups is 2. The molecule has 1 atom stereocenters. The zero-order chi connectivity index (χ0) is 24.3. The van der Waals surface area contributed by atoms with Crippen molar-refractivity contribution in [2.24, 2.45) is 0 Å². The lowest BCUT2D eigenvalue weighted by Crippen LogP contribution is -2.38. The number of ketones is 1. The number of hydrogen-bond donors (Lipinski definition) is 1. The van der Waals surface area contributed by atoms with E-state index in [0.29, 0.717) is 23.4 Å². The average Bonchev–Trinajstić information content (AvgIpc) is 3.05. The number of amides is 1. The van der Waals surface area contributed by atoms with Crippen LogP contribution in [0.4, 0.5) is 4.39 Å². The van der Waals surface area contributed by atoms with Crippen LogP contribution in [0.25, 0.3) is 5.76 Å². The molecule has 2 aromatic rings. The molecule has 0 aromatic heterocycles. The number of benzene rings is 2. The van der Waals surface area contributed by atoms with Crippen LogP contribution in [-0.2, 0) is 9.59 Å². The normalized spacial score (nSPS) is 17.8. The van der Waals surface area contributed by atoms with Crippen molar-refractivity contribution in [2.45, 2.75) is 33.7 Å². The second-order valence-corrected chi connectivity index (χ2v) is 8.18. The lowest BCUT2D eigenvalue weighted by Gasteiger charge is -2.28. The molecule has 1 aliphatic rings. The Bertz CT molecular complexity index is 1090. The fourth-order valence-corrected chi connectivity index (χ4v) is 4.33. The first-order valence-corrected chi connectivity index (χ1v) is 11.2. The fraction of sp³-hybridized carbons (Fsp3) is 0.385. The smallest absolute Gasteiger partial charge is 0.295 e. The molecule has 1 N–H and O–H groups in total. The number of rotatable bonds is 8. The number of aliphatic hydroxyl groups excluding tert-OH is 1. The molecule has 0 radical (unpaired) electrons. The Morgan fingerprint density at radius 2 is 1.79 bits per heavy atom. The lowest BCUT2D eigenvalue weighted by molar-refractivity contribution is -0.140. The molecule has 1 saturated heterocycles. The molecule has 0 saturated carbocycles. The quantitative estimate of drug-likeness (QED) is 0.368. The summed E-state index contributed by atoms with van der Waals surface area (Å²) in [5.41, 5.74) is 1.94. The summed E-state index contributed by atoms with van der Waals surface area (Å²) in [5.74, 6) is -1.75. The van der Waals surface area contributed by atoms with E-state index in [9.17, 15) is 19.1 Å². The van der Waals surface area contributed by atoms with Crippen molar-refractivity contribution < 1.29 is 23.8 Å². The van der Waals surface area contributed by atoms with Gasteiger partial charge in [-0.25, -0.2) is 4.39 Å². The number of Topliss-reactive ketones (excluding diaryl/α,β-unsaturated/α-hetero) is 1. The van der Waals surface area contributed by atoms with Gasteiger partial charge in [-0.1, -0.05) is 32.0 Å². The molecule has 176 valence electrons. The van der Waals surface area contributed by atoms with Gasteiger partial charge in [0.15, 0.2) is 0 Å². The first kappa shape index (κ1) is 24.5. The van der Waals surface area contributed by atoms with E-state index in [4.69, 9.17) is 4.74 Å². The van der Waals surface area contributed by atoms with Crippen LogP contribution in [0.1, 0.15) is 42.1 Å². The average molecular weight is 455 g/mol. The maximum Gasteiger partial charge on any atom is 0.295 e. The van der Waals surface area contributed by atoms with E-state index in [1.165, 1.54) is 11.0 Å². The van der Waals surface area contributed by atoms with Crippen molar-refractivity contribution >= 4 is 17.4 Å². The predicted octanol–water partition coefficient (Wildman–Crippen LogP) is 4.21. The summed E-state index contributed by atoms with van der Waals surface area (Å²) in [4.78, 5) is 29.7. The number of aliphatic hydroxyl groups is 1. The molecule has 1 unspecified atom stereocenters. The van der Waals surface area contributed by atoms with E-state index in [0.717, 1.165) is 18.7 Å². The molecule has 3 rings (SSSR count). The predicted molar refractivity (Wildman–Crippen MR) is 126 cm³/mol. The second kappa shape index (κ2) is 10.2. The van der Waals surface area contributed by atoms with Crippen LogP contribution in [0.3, 0.4) is 0 Å².